The first-order chi connectivity index (χ1) is 14.9. The number of carbonyl (C=O) groups excluding carboxylic acids is 1. The van der Waals surface area contributed by atoms with Crippen LogP contribution in [0.25, 0.3) is 11.1 Å². The predicted octanol–water partition coefficient (Wildman–Crippen LogP) is 4.86. The van der Waals surface area contributed by atoms with Crippen molar-refractivity contribution < 1.29 is 9.90 Å². The zero-order valence-electron chi connectivity index (χ0n) is 18.1. The third kappa shape index (κ3) is 4.72. The maximum atomic E-state index is 12.9. The maximum absolute atomic E-state index is 12.9. The second-order valence-corrected chi connectivity index (χ2v) is 8.41. The van der Waals surface area contributed by atoms with Gasteiger partial charge in [-0.1, -0.05) is 47.5 Å². The van der Waals surface area contributed by atoms with E-state index in [1.165, 1.54) is 17.2 Å². The summed E-state index contributed by atoms with van der Waals surface area (Å²) in [7, 11) is 0. The molecule has 3 aromatic carbocycles. The van der Waals surface area contributed by atoms with Crippen molar-refractivity contribution in [2.75, 3.05) is 23.3 Å². The van der Waals surface area contributed by atoms with Crippen molar-refractivity contribution in [3.63, 3.8) is 0 Å². The summed E-state index contributed by atoms with van der Waals surface area (Å²) in [6.07, 6.45) is 1.84. The largest absolute Gasteiger partial charge is 0.508 e. The average Bonchev–Trinajstić information content (AvgIpc) is 2.73. The van der Waals surface area contributed by atoms with Gasteiger partial charge in [-0.05, 0) is 56.5 Å². The first-order valence-corrected chi connectivity index (χ1v) is 10.7. The molecule has 0 aromatic heterocycles. The smallest absolute Gasteiger partial charge is 0.255 e. The lowest BCUT2D eigenvalue weighted by molar-refractivity contribution is 0.102. The van der Waals surface area contributed by atoms with Gasteiger partial charge in [0.2, 0.25) is 0 Å². The van der Waals surface area contributed by atoms with Crippen LogP contribution in [0.5, 0.6) is 5.75 Å². The summed E-state index contributed by atoms with van der Waals surface area (Å²) < 4.78 is 0. The van der Waals surface area contributed by atoms with E-state index in [2.05, 4.69) is 48.3 Å². The Balaban J connectivity index is 1.78. The Morgan fingerprint density at radius 3 is 2.35 bits per heavy atom. The highest BCUT2D eigenvalue weighted by atomic mass is 16.3. The summed E-state index contributed by atoms with van der Waals surface area (Å²) in [5.74, 6) is -0.176. The van der Waals surface area contributed by atoms with Gasteiger partial charge in [0.15, 0.2) is 0 Å². The van der Waals surface area contributed by atoms with Gasteiger partial charge in [-0.3, -0.25) is 4.79 Å². The van der Waals surface area contributed by atoms with E-state index >= 15 is 0 Å². The molecule has 3 aromatic rings. The number of nitrogens with zero attached hydrogens (tertiary/aromatic N) is 1. The molecule has 4 N–H and O–H groups in total. The number of benzene rings is 3. The van der Waals surface area contributed by atoms with Crippen LogP contribution in [0.1, 0.15) is 34.3 Å². The second-order valence-electron chi connectivity index (χ2n) is 8.41. The van der Waals surface area contributed by atoms with Crippen molar-refractivity contribution in [1.29, 1.82) is 0 Å². The van der Waals surface area contributed by atoms with E-state index in [4.69, 9.17) is 5.73 Å². The molecule has 1 heterocycles. The Bertz CT molecular complexity index is 1080. The van der Waals surface area contributed by atoms with Crippen molar-refractivity contribution >= 4 is 17.3 Å². The zero-order valence-corrected chi connectivity index (χ0v) is 18.1. The summed E-state index contributed by atoms with van der Waals surface area (Å²) >= 11 is 0. The molecule has 0 unspecified atom stereocenters. The number of para-hydroxylation sites is 1. The third-order valence-corrected chi connectivity index (χ3v) is 5.78. The quantitative estimate of drug-likeness (QED) is 0.569. The zero-order chi connectivity index (χ0) is 22.0. The minimum absolute atomic E-state index is 0.0712. The fourth-order valence-corrected chi connectivity index (χ4v) is 4.31. The van der Waals surface area contributed by atoms with Crippen molar-refractivity contribution in [2.45, 2.75) is 32.7 Å². The lowest BCUT2D eigenvalue weighted by Gasteiger charge is -2.35. The molecule has 1 amide bonds. The summed E-state index contributed by atoms with van der Waals surface area (Å²) in [6, 6.07) is 19.2. The fraction of sp³-hybridized carbons (Fsp3) is 0.269. The molecule has 1 aliphatic rings. The van der Waals surface area contributed by atoms with Crippen LogP contribution in [0.2, 0.25) is 0 Å². The molecular formula is C26H29N3O2. The number of nitrogens with two attached hydrogens (primary N) is 1. The molecule has 4 rings (SSSR count). The lowest BCUT2D eigenvalue weighted by Crippen LogP contribution is -2.40. The number of aromatic hydroxyl groups is 1. The molecule has 0 radical (unpaired) electrons. The van der Waals surface area contributed by atoms with Crippen LogP contribution in [0.15, 0.2) is 60.7 Å². The van der Waals surface area contributed by atoms with E-state index < -0.39 is 0 Å². The van der Waals surface area contributed by atoms with Gasteiger partial charge in [0.25, 0.3) is 5.91 Å². The number of hydrogen-bond acceptors (Lipinski definition) is 4. The monoisotopic (exact) mass is 415 g/mol. The topological polar surface area (TPSA) is 78.6 Å². The van der Waals surface area contributed by atoms with Crippen molar-refractivity contribution in [1.82, 2.24) is 0 Å². The second kappa shape index (κ2) is 8.82. The van der Waals surface area contributed by atoms with Crippen LogP contribution < -0.4 is 16.0 Å². The maximum Gasteiger partial charge on any atom is 0.255 e. The van der Waals surface area contributed by atoms with Crippen LogP contribution in [0.3, 0.4) is 0 Å². The summed E-state index contributed by atoms with van der Waals surface area (Å²) in [6.45, 7) is 5.89. The normalized spacial score (nSPS) is 14.5. The van der Waals surface area contributed by atoms with Crippen molar-refractivity contribution in [2.24, 2.45) is 5.73 Å². The van der Waals surface area contributed by atoms with E-state index in [1.807, 2.05) is 12.1 Å². The molecule has 0 saturated carbocycles. The molecule has 0 bridgehead atoms. The van der Waals surface area contributed by atoms with Crippen molar-refractivity contribution in [3.05, 3.63) is 77.4 Å². The van der Waals surface area contributed by atoms with Crippen molar-refractivity contribution in [3.8, 4) is 16.9 Å². The number of rotatable bonds is 4. The fourth-order valence-electron chi connectivity index (χ4n) is 4.31. The molecule has 0 aliphatic carbocycles. The molecule has 0 spiro atoms. The minimum Gasteiger partial charge on any atom is -0.508 e. The molecule has 31 heavy (non-hydrogen) atoms. The molecule has 5 heteroatoms. The first-order valence-electron chi connectivity index (χ1n) is 10.7. The average molecular weight is 416 g/mol. The Morgan fingerprint density at radius 2 is 1.68 bits per heavy atom. The van der Waals surface area contributed by atoms with Gasteiger partial charge in [0.05, 0.1) is 11.4 Å². The summed E-state index contributed by atoms with van der Waals surface area (Å²) in [5, 5.41) is 12.8. The van der Waals surface area contributed by atoms with E-state index in [-0.39, 0.29) is 17.7 Å². The molecule has 5 nitrogen and oxygen atoms in total. The lowest BCUT2D eigenvalue weighted by atomic mass is 9.96. The van der Waals surface area contributed by atoms with E-state index in [0.29, 0.717) is 5.56 Å². The van der Waals surface area contributed by atoms with E-state index in [9.17, 15) is 9.90 Å². The Labute approximate surface area is 183 Å². The molecule has 1 aliphatic heterocycles. The van der Waals surface area contributed by atoms with Gasteiger partial charge in [-0.25, -0.2) is 0 Å². The van der Waals surface area contributed by atoms with Gasteiger partial charge in [0, 0.05) is 30.3 Å². The highest BCUT2D eigenvalue weighted by Crippen LogP contribution is 2.39. The Kier molecular flexibility index (Phi) is 5.96. The van der Waals surface area contributed by atoms with Gasteiger partial charge < -0.3 is 21.1 Å². The Morgan fingerprint density at radius 1 is 1.00 bits per heavy atom. The number of piperidine rings is 1. The molecule has 160 valence electrons. The highest BCUT2D eigenvalue weighted by molar-refractivity contribution is 6.07. The number of phenolic OH excluding ortho intramolecular Hbond substituents is 1. The highest BCUT2D eigenvalue weighted by Gasteiger charge is 2.23. The minimum atomic E-state index is -0.247. The van der Waals surface area contributed by atoms with Gasteiger partial charge in [0.1, 0.15) is 5.75 Å². The van der Waals surface area contributed by atoms with Crippen LogP contribution in [0, 0.1) is 13.8 Å². The summed E-state index contributed by atoms with van der Waals surface area (Å²) in [4.78, 5) is 15.3. The van der Waals surface area contributed by atoms with Crippen LogP contribution in [-0.2, 0) is 0 Å². The first kappa shape index (κ1) is 20.9. The molecule has 1 fully saturated rings. The predicted molar refractivity (Wildman–Crippen MR) is 127 cm³/mol. The standard InChI is InChI=1S/C26H29N3O2/c1-17-13-18(2)15-20(14-17)23-7-4-8-24(25(23)29-11-9-21(27)10-12-29)28-26(31)19-5-3-6-22(30)16-19/h3-8,13-16,21,30H,9-12,27H2,1-2H3,(H,28,31). The number of amides is 1. The molecular weight excluding hydrogens is 386 g/mol. The van der Waals surface area contributed by atoms with Crippen LogP contribution >= 0.6 is 0 Å². The van der Waals surface area contributed by atoms with Crippen LogP contribution in [0.4, 0.5) is 11.4 Å². The van der Waals surface area contributed by atoms with E-state index in [1.54, 1.807) is 18.2 Å². The Hall–Kier alpha value is -3.31. The number of phenols is 1. The van der Waals surface area contributed by atoms with E-state index in [0.717, 1.165) is 48.4 Å². The number of carbonyl (C=O) groups is 1. The van der Waals surface area contributed by atoms with Gasteiger partial charge in [-0.2, -0.15) is 0 Å². The molecule has 0 atom stereocenters. The number of hydrogen-bond donors (Lipinski definition) is 3. The van der Waals surface area contributed by atoms with Gasteiger partial charge >= 0.3 is 0 Å². The third-order valence-electron chi connectivity index (χ3n) is 5.78. The van der Waals surface area contributed by atoms with Gasteiger partial charge in [-0.15, -0.1) is 0 Å². The SMILES string of the molecule is Cc1cc(C)cc(-c2cccc(NC(=O)c3cccc(O)c3)c2N2CCC(N)CC2)c1. The number of aryl methyl sites for hydroxylation is 2. The van der Waals surface area contributed by atoms with Crippen LogP contribution in [-0.4, -0.2) is 30.1 Å². The molecule has 1 saturated heterocycles. The number of anilines is 2. The number of nitrogens with one attached hydrogen (secondary N) is 1. The summed E-state index contributed by atoms with van der Waals surface area (Å²) in [5.41, 5.74) is 13.0.